The van der Waals surface area contributed by atoms with Crippen LogP contribution in [0.3, 0.4) is 0 Å². The number of rotatable bonds is 5. The van der Waals surface area contributed by atoms with Crippen LogP contribution in [0.1, 0.15) is 52.0 Å². The van der Waals surface area contributed by atoms with Gasteiger partial charge >= 0.3 is 0 Å². The third-order valence-electron chi connectivity index (χ3n) is 6.68. The first-order valence-electron chi connectivity index (χ1n) is 11.1. The molecule has 0 radical (unpaired) electrons. The quantitative estimate of drug-likeness (QED) is 0.746. The molecular weight excluding hydrogens is 400 g/mol. The molecule has 4 rings (SSSR count). The molecule has 2 aliphatic rings. The lowest BCUT2D eigenvalue weighted by Gasteiger charge is -2.39. The van der Waals surface area contributed by atoms with Crippen molar-refractivity contribution >= 4 is 17.5 Å². The zero-order valence-corrected chi connectivity index (χ0v) is 18.9. The fraction of sp³-hybridized carbons (Fsp3) is 0.682. The van der Waals surface area contributed by atoms with Crippen molar-refractivity contribution < 1.29 is 5.11 Å². The fourth-order valence-corrected chi connectivity index (χ4v) is 5.05. The van der Waals surface area contributed by atoms with Gasteiger partial charge in [-0.2, -0.15) is 5.10 Å². The maximum absolute atomic E-state index is 10.2. The van der Waals surface area contributed by atoms with Gasteiger partial charge in [-0.05, 0) is 44.7 Å². The maximum Gasteiger partial charge on any atom is 0.223 e. The maximum atomic E-state index is 10.2. The Kier molecular flexibility index (Phi) is 6.60. The molecule has 1 aliphatic carbocycles. The fourth-order valence-electron chi connectivity index (χ4n) is 4.85. The predicted molar refractivity (Wildman–Crippen MR) is 120 cm³/mol. The highest BCUT2D eigenvalue weighted by Gasteiger charge is 2.32. The molecule has 4 atom stereocenters. The summed E-state index contributed by atoms with van der Waals surface area (Å²) in [4.78, 5) is 11.4. The van der Waals surface area contributed by atoms with Crippen molar-refractivity contribution in [1.29, 1.82) is 0 Å². The lowest BCUT2D eigenvalue weighted by molar-refractivity contribution is 0.106. The minimum absolute atomic E-state index is 0.0125. The Labute approximate surface area is 183 Å². The van der Waals surface area contributed by atoms with Crippen LogP contribution in [0.2, 0.25) is 5.02 Å². The summed E-state index contributed by atoms with van der Waals surface area (Å²) in [6, 6.07) is 0.368. The topological polar surface area (TPSA) is 79.1 Å². The summed E-state index contributed by atoms with van der Waals surface area (Å²) in [7, 11) is 2.19. The van der Waals surface area contributed by atoms with Crippen LogP contribution in [0.4, 0.5) is 5.95 Å². The molecule has 164 valence electrons. The average Bonchev–Trinajstić information content (AvgIpc) is 3.20. The van der Waals surface area contributed by atoms with Crippen molar-refractivity contribution in [1.82, 2.24) is 24.6 Å². The van der Waals surface area contributed by atoms with E-state index in [1.54, 1.807) is 6.20 Å². The molecule has 2 aromatic heterocycles. The van der Waals surface area contributed by atoms with Gasteiger partial charge in [0.15, 0.2) is 0 Å². The van der Waals surface area contributed by atoms with Gasteiger partial charge in [0.2, 0.25) is 5.95 Å². The molecule has 0 spiro atoms. The van der Waals surface area contributed by atoms with E-state index in [-0.39, 0.29) is 12.1 Å². The Balaban J connectivity index is 1.55. The van der Waals surface area contributed by atoms with Crippen LogP contribution in [0, 0.1) is 11.8 Å². The summed E-state index contributed by atoms with van der Waals surface area (Å²) in [5.74, 6) is 1.65. The lowest BCUT2D eigenvalue weighted by Crippen LogP contribution is -2.41. The van der Waals surface area contributed by atoms with Crippen LogP contribution in [0.15, 0.2) is 18.6 Å². The van der Waals surface area contributed by atoms with E-state index in [0.717, 1.165) is 50.8 Å². The lowest BCUT2D eigenvalue weighted by atomic mass is 9.83. The Morgan fingerprint density at radius 3 is 2.77 bits per heavy atom. The number of aromatic nitrogens is 4. The van der Waals surface area contributed by atoms with Gasteiger partial charge in [-0.3, -0.25) is 4.68 Å². The van der Waals surface area contributed by atoms with Crippen molar-refractivity contribution in [2.24, 2.45) is 11.8 Å². The van der Waals surface area contributed by atoms with E-state index in [4.69, 9.17) is 16.7 Å². The third kappa shape index (κ3) is 4.63. The number of nitrogens with zero attached hydrogens (tertiary/aromatic N) is 5. The number of aliphatic hydroxyl groups excluding tert-OH is 1. The van der Waals surface area contributed by atoms with Crippen molar-refractivity contribution in [3.05, 3.63) is 23.6 Å². The summed E-state index contributed by atoms with van der Waals surface area (Å²) in [6.45, 7) is 6.75. The number of hydrogen-bond donors (Lipinski definition) is 2. The predicted octanol–water partition coefficient (Wildman–Crippen LogP) is 3.86. The van der Waals surface area contributed by atoms with E-state index in [2.05, 4.69) is 52.0 Å². The highest BCUT2D eigenvalue weighted by Crippen LogP contribution is 2.34. The number of nitrogens with one attached hydrogen (secondary N) is 1. The number of halogens is 1. The summed E-state index contributed by atoms with van der Waals surface area (Å²) >= 11 is 6.45. The van der Waals surface area contributed by atoms with Crippen LogP contribution in [0.25, 0.3) is 11.3 Å². The molecule has 0 aromatic carbocycles. The van der Waals surface area contributed by atoms with Crippen LogP contribution >= 0.6 is 11.6 Å². The summed E-state index contributed by atoms with van der Waals surface area (Å²) in [6.07, 6.45) is 10.2. The second-order valence-electron chi connectivity index (χ2n) is 9.23. The average molecular weight is 433 g/mol. The summed E-state index contributed by atoms with van der Waals surface area (Å²) in [5.41, 5.74) is 1.58. The van der Waals surface area contributed by atoms with Gasteiger partial charge in [-0.25, -0.2) is 9.97 Å². The van der Waals surface area contributed by atoms with Crippen LogP contribution in [-0.4, -0.2) is 62.0 Å². The van der Waals surface area contributed by atoms with Crippen molar-refractivity contribution in [3.63, 3.8) is 0 Å². The molecule has 2 aromatic rings. The van der Waals surface area contributed by atoms with E-state index in [1.807, 2.05) is 6.20 Å². The highest BCUT2D eigenvalue weighted by atomic mass is 35.5. The molecule has 7 nitrogen and oxygen atoms in total. The van der Waals surface area contributed by atoms with E-state index >= 15 is 0 Å². The smallest absolute Gasteiger partial charge is 0.223 e. The molecule has 1 saturated heterocycles. The first kappa shape index (κ1) is 21.5. The van der Waals surface area contributed by atoms with Crippen molar-refractivity contribution in [3.8, 4) is 11.3 Å². The molecule has 30 heavy (non-hydrogen) atoms. The Morgan fingerprint density at radius 2 is 2.00 bits per heavy atom. The highest BCUT2D eigenvalue weighted by molar-refractivity contribution is 6.32. The van der Waals surface area contributed by atoms with E-state index in [0.29, 0.717) is 34.5 Å². The zero-order chi connectivity index (χ0) is 21.3. The van der Waals surface area contributed by atoms with Gasteiger partial charge in [-0.1, -0.05) is 38.3 Å². The largest absolute Gasteiger partial charge is 0.391 e. The van der Waals surface area contributed by atoms with E-state index in [1.165, 1.54) is 0 Å². The molecule has 1 aliphatic heterocycles. The summed E-state index contributed by atoms with van der Waals surface area (Å²) in [5, 5.41) is 18.7. The minimum Gasteiger partial charge on any atom is -0.391 e. The van der Waals surface area contributed by atoms with Gasteiger partial charge in [0.1, 0.15) is 0 Å². The molecule has 1 saturated carbocycles. The number of anilines is 1. The van der Waals surface area contributed by atoms with Crippen LogP contribution in [-0.2, 0) is 0 Å². The Bertz CT molecular complexity index is 856. The van der Waals surface area contributed by atoms with E-state index < -0.39 is 0 Å². The van der Waals surface area contributed by atoms with Gasteiger partial charge in [0.25, 0.3) is 0 Å². The number of piperidine rings is 1. The van der Waals surface area contributed by atoms with Crippen molar-refractivity contribution in [2.45, 2.75) is 64.1 Å². The first-order valence-corrected chi connectivity index (χ1v) is 11.5. The number of likely N-dealkylation sites (tertiary alicyclic amines) is 1. The van der Waals surface area contributed by atoms with E-state index in [9.17, 15) is 5.11 Å². The number of aliphatic hydroxyl groups is 1. The Morgan fingerprint density at radius 1 is 1.20 bits per heavy atom. The van der Waals surface area contributed by atoms with Gasteiger partial charge < -0.3 is 15.3 Å². The van der Waals surface area contributed by atoms with Crippen LogP contribution in [0.5, 0.6) is 0 Å². The molecule has 2 fully saturated rings. The molecule has 0 amide bonds. The van der Waals surface area contributed by atoms with Gasteiger partial charge in [0.05, 0.1) is 41.3 Å². The molecule has 0 bridgehead atoms. The van der Waals surface area contributed by atoms with Gasteiger partial charge in [0, 0.05) is 18.3 Å². The summed E-state index contributed by atoms with van der Waals surface area (Å²) < 4.78 is 2.10. The minimum atomic E-state index is -0.360. The normalized spacial score (nSPS) is 28.1. The monoisotopic (exact) mass is 432 g/mol. The molecule has 8 heteroatoms. The Hall–Kier alpha value is -1.70. The SMILES string of the molecule is CC(C)[C@H]1CN(C)CC[C@@H]1n1cc(-c2nc(N[C@@H]3CCCC[C@H]3O)ncc2Cl)cn1. The second-order valence-corrected chi connectivity index (χ2v) is 9.64. The molecule has 3 heterocycles. The standard InChI is InChI=1S/C22H33ClN6O/c1-14(2)16-13-28(3)9-8-19(16)29-12-15(10-25-29)21-17(23)11-24-22(27-21)26-18-6-4-5-7-20(18)30/h10-12,14,16,18-20,30H,4-9,13H2,1-3H3,(H,24,26,27)/t16-,18-,19+,20-/m1/s1. The molecular formula is C22H33ClN6O. The molecule has 2 N–H and O–H groups in total. The first-order chi connectivity index (χ1) is 14.4. The third-order valence-corrected chi connectivity index (χ3v) is 6.96. The number of hydrogen-bond acceptors (Lipinski definition) is 6. The van der Waals surface area contributed by atoms with Gasteiger partial charge in [-0.15, -0.1) is 0 Å². The second kappa shape index (κ2) is 9.20. The zero-order valence-electron chi connectivity index (χ0n) is 18.1. The van der Waals surface area contributed by atoms with Crippen molar-refractivity contribution in [2.75, 3.05) is 25.5 Å². The molecule has 0 unspecified atom stereocenters. The van der Waals surface area contributed by atoms with Crippen LogP contribution < -0.4 is 5.32 Å².